The maximum absolute atomic E-state index is 13.3. The van der Waals surface area contributed by atoms with Crippen LogP contribution in [0.3, 0.4) is 0 Å². The van der Waals surface area contributed by atoms with Crippen LogP contribution in [0, 0.1) is 0 Å². The number of amides is 1. The van der Waals surface area contributed by atoms with Gasteiger partial charge in [-0.05, 0) is 49.0 Å². The zero-order valence-corrected chi connectivity index (χ0v) is 19.0. The monoisotopic (exact) mass is 454 g/mol. The van der Waals surface area contributed by atoms with Gasteiger partial charge in [-0.3, -0.25) is 19.5 Å². The number of hydrogen-bond donors (Lipinski definition) is 1. The van der Waals surface area contributed by atoms with Crippen LogP contribution in [-0.2, 0) is 9.59 Å². The standard InChI is InChI=1S/C27H26N4O3/c1-29-15-17-30(18-16-29)21-7-9-22(10-8-21)31-24(19-11-13-28-14-12-19)23(26(33)27(31)34)25(32)20-5-3-2-4-6-20/h2-14,24,32H,15-18H2,1H3/b25-23+. The molecule has 3 heterocycles. The number of hydrogen-bond acceptors (Lipinski definition) is 6. The Hall–Kier alpha value is -3.97. The van der Waals surface area contributed by atoms with Crippen molar-refractivity contribution < 1.29 is 14.7 Å². The van der Waals surface area contributed by atoms with E-state index in [1.54, 1.807) is 48.8 Å². The minimum Gasteiger partial charge on any atom is -0.507 e. The van der Waals surface area contributed by atoms with E-state index in [9.17, 15) is 14.7 Å². The number of rotatable bonds is 4. The Kier molecular flexibility index (Phi) is 5.86. The van der Waals surface area contributed by atoms with Gasteiger partial charge in [0.1, 0.15) is 5.76 Å². The van der Waals surface area contributed by atoms with Gasteiger partial charge < -0.3 is 14.9 Å². The van der Waals surface area contributed by atoms with Crippen molar-refractivity contribution >= 4 is 28.8 Å². The average Bonchev–Trinajstić information content (AvgIpc) is 3.15. The van der Waals surface area contributed by atoms with Gasteiger partial charge in [0, 0.05) is 55.5 Å². The number of aliphatic hydroxyl groups is 1. The fourth-order valence-corrected chi connectivity index (χ4v) is 4.60. The third-order valence-corrected chi connectivity index (χ3v) is 6.51. The molecule has 0 bridgehead atoms. The minimum atomic E-state index is -0.752. The molecule has 2 saturated heterocycles. The molecule has 1 N–H and O–H groups in total. The summed E-state index contributed by atoms with van der Waals surface area (Å²) in [4.78, 5) is 36.6. The predicted octanol–water partition coefficient (Wildman–Crippen LogP) is 3.46. The summed E-state index contributed by atoms with van der Waals surface area (Å²) in [5.41, 5.74) is 2.96. The number of carbonyl (C=O) groups is 2. The van der Waals surface area contributed by atoms with Crippen LogP contribution < -0.4 is 9.80 Å². The highest BCUT2D eigenvalue weighted by Crippen LogP contribution is 2.42. The number of ketones is 1. The SMILES string of the molecule is CN1CCN(c2ccc(N3C(=O)C(=O)/C(=C(/O)c4ccccc4)C3c3ccncc3)cc2)CC1. The van der Waals surface area contributed by atoms with E-state index in [4.69, 9.17) is 0 Å². The number of benzene rings is 2. The highest BCUT2D eigenvalue weighted by molar-refractivity contribution is 6.51. The first-order valence-corrected chi connectivity index (χ1v) is 11.3. The number of piperazine rings is 1. The number of pyridine rings is 1. The largest absolute Gasteiger partial charge is 0.507 e. The Bertz CT molecular complexity index is 1220. The van der Waals surface area contributed by atoms with Crippen LogP contribution in [-0.4, -0.2) is 59.9 Å². The fraction of sp³-hybridized carbons (Fsp3) is 0.222. The lowest BCUT2D eigenvalue weighted by Gasteiger charge is -2.34. The Labute approximate surface area is 198 Å². The molecule has 0 aliphatic carbocycles. The summed E-state index contributed by atoms with van der Waals surface area (Å²) in [5.74, 6) is -1.55. The van der Waals surface area contributed by atoms with Crippen LogP contribution in [0.15, 0.2) is 84.7 Å². The second-order valence-corrected chi connectivity index (χ2v) is 8.62. The summed E-state index contributed by atoms with van der Waals surface area (Å²) < 4.78 is 0. The predicted molar refractivity (Wildman–Crippen MR) is 132 cm³/mol. The van der Waals surface area contributed by atoms with Gasteiger partial charge in [-0.15, -0.1) is 0 Å². The van der Waals surface area contributed by atoms with Crippen molar-refractivity contribution in [3.05, 3.63) is 95.8 Å². The van der Waals surface area contributed by atoms with Gasteiger partial charge >= 0.3 is 0 Å². The number of aromatic nitrogens is 1. The molecule has 1 atom stereocenters. The van der Waals surface area contributed by atoms with Crippen molar-refractivity contribution in [3.8, 4) is 0 Å². The van der Waals surface area contributed by atoms with E-state index in [1.807, 2.05) is 30.3 Å². The highest BCUT2D eigenvalue weighted by atomic mass is 16.3. The van der Waals surface area contributed by atoms with Crippen molar-refractivity contribution in [1.29, 1.82) is 0 Å². The highest BCUT2D eigenvalue weighted by Gasteiger charge is 2.47. The first kappa shape index (κ1) is 21.9. The molecule has 34 heavy (non-hydrogen) atoms. The van der Waals surface area contributed by atoms with Crippen LogP contribution >= 0.6 is 0 Å². The molecule has 0 radical (unpaired) electrons. The molecule has 7 nitrogen and oxygen atoms in total. The van der Waals surface area contributed by atoms with Crippen LogP contribution in [0.1, 0.15) is 17.2 Å². The van der Waals surface area contributed by atoms with Crippen molar-refractivity contribution in [3.63, 3.8) is 0 Å². The van der Waals surface area contributed by atoms with Crippen molar-refractivity contribution in [2.75, 3.05) is 43.0 Å². The van der Waals surface area contributed by atoms with E-state index in [1.165, 1.54) is 4.90 Å². The molecule has 2 aromatic carbocycles. The smallest absolute Gasteiger partial charge is 0.300 e. The van der Waals surface area contributed by atoms with Gasteiger partial charge in [-0.2, -0.15) is 0 Å². The number of likely N-dealkylation sites (N-methyl/N-ethyl adjacent to an activating group) is 1. The molecule has 5 rings (SSSR count). The summed E-state index contributed by atoms with van der Waals surface area (Å²) in [5, 5.41) is 11.1. The average molecular weight is 455 g/mol. The third kappa shape index (κ3) is 3.95. The number of aliphatic hydroxyl groups excluding tert-OH is 1. The van der Waals surface area contributed by atoms with Crippen LogP contribution in [0.4, 0.5) is 11.4 Å². The van der Waals surface area contributed by atoms with Gasteiger partial charge in [0.2, 0.25) is 0 Å². The van der Waals surface area contributed by atoms with Gasteiger partial charge in [-0.1, -0.05) is 30.3 Å². The van der Waals surface area contributed by atoms with E-state index in [0.717, 1.165) is 31.9 Å². The molecule has 0 saturated carbocycles. The van der Waals surface area contributed by atoms with Crippen molar-refractivity contribution in [1.82, 2.24) is 9.88 Å². The lowest BCUT2D eigenvalue weighted by Crippen LogP contribution is -2.44. The summed E-state index contributed by atoms with van der Waals surface area (Å²) in [6.07, 6.45) is 3.24. The van der Waals surface area contributed by atoms with Gasteiger partial charge in [0.25, 0.3) is 11.7 Å². The maximum Gasteiger partial charge on any atom is 0.300 e. The molecule has 1 amide bonds. The first-order valence-electron chi connectivity index (χ1n) is 11.3. The third-order valence-electron chi connectivity index (χ3n) is 6.51. The molecule has 7 heteroatoms. The molecule has 2 aliphatic rings. The van der Waals surface area contributed by atoms with E-state index >= 15 is 0 Å². The van der Waals surface area contributed by atoms with Crippen LogP contribution in [0.25, 0.3) is 5.76 Å². The zero-order chi connectivity index (χ0) is 23.7. The lowest BCUT2D eigenvalue weighted by molar-refractivity contribution is -0.132. The number of carbonyl (C=O) groups excluding carboxylic acids is 2. The van der Waals surface area contributed by atoms with E-state index in [-0.39, 0.29) is 11.3 Å². The molecule has 172 valence electrons. The number of nitrogens with zero attached hydrogens (tertiary/aromatic N) is 4. The number of anilines is 2. The number of Topliss-reactive ketones (excluding diaryl/α,β-unsaturated/α-hetero) is 1. The van der Waals surface area contributed by atoms with E-state index < -0.39 is 17.7 Å². The topological polar surface area (TPSA) is 77.0 Å². The summed E-state index contributed by atoms with van der Waals surface area (Å²) in [6.45, 7) is 3.87. The van der Waals surface area contributed by atoms with Crippen LogP contribution in [0.5, 0.6) is 0 Å². The van der Waals surface area contributed by atoms with E-state index in [0.29, 0.717) is 16.8 Å². The Balaban J connectivity index is 1.56. The summed E-state index contributed by atoms with van der Waals surface area (Å²) >= 11 is 0. The van der Waals surface area contributed by atoms with Gasteiger partial charge in [0.15, 0.2) is 0 Å². The molecule has 2 aliphatic heterocycles. The Morgan fingerprint density at radius 2 is 1.47 bits per heavy atom. The maximum atomic E-state index is 13.3. The van der Waals surface area contributed by atoms with Crippen molar-refractivity contribution in [2.24, 2.45) is 0 Å². The first-order chi connectivity index (χ1) is 16.5. The quantitative estimate of drug-likeness (QED) is 0.370. The summed E-state index contributed by atoms with van der Waals surface area (Å²) in [6, 6.07) is 19.3. The van der Waals surface area contributed by atoms with Gasteiger partial charge in [0.05, 0.1) is 11.6 Å². The molecule has 0 spiro atoms. The van der Waals surface area contributed by atoms with E-state index in [2.05, 4.69) is 21.8 Å². The van der Waals surface area contributed by atoms with Crippen LogP contribution in [0.2, 0.25) is 0 Å². The second kappa shape index (κ2) is 9.11. The minimum absolute atomic E-state index is 0.0746. The molecule has 3 aromatic rings. The molecule has 1 aromatic heterocycles. The molecule has 1 unspecified atom stereocenters. The lowest BCUT2D eigenvalue weighted by atomic mass is 9.96. The van der Waals surface area contributed by atoms with Gasteiger partial charge in [-0.25, -0.2) is 0 Å². The molecular weight excluding hydrogens is 428 g/mol. The van der Waals surface area contributed by atoms with Crippen molar-refractivity contribution in [2.45, 2.75) is 6.04 Å². The Morgan fingerprint density at radius 3 is 2.12 bits per heavy atom. The Morgan fingerprint density at radius 1 is 0.853 bits per heavy atom. The second-order valence-electron chi connectivity index (χ2n) is 8.62. The zero-order valence-electron chi connectivity index (χ0n) is 19.0. The summed E-state index contributed by atoms with van der Waals surface area (Å²) in [7, 11) is 2.12. The normalized spacial score (nSPS) is 20.7. The fourth-order valence-electron chi connectivity index (χ4n) is 4.60. The molecular formula is C27H26N4O3. The molecule has 2 fully saturated rings.